The summed E-state index contributed by atoms with van der Waals surface area (Å²) in [5.74, 6) is 0. The third kappa shape index (κ3) is 8.52. The molecule has 1 saturated carbocycles. The van der Waals surface area contributed by atoms with E-state index in [0.717, 1.165) is 0 Å². The highest BCUT2D eigenvalue weighted by Crippen LogP contribution is 2.15. The van der Waals surface area contributed by atoms with Gasteiger partial charge in [-0.25, -0.2) is 0 Å². The standard InChI is InChI=1S/C10H19.C6H5/c1-2-4-6-8-10-9-7-5-3-1;1-2-4-6-5-3-1/h1H,2-10H2;1-5H. The van der Waals surface area contributed by atoms with E-state index in [1.165, 1.54) is 57.8 Å². The summed E-state index contributed by atoms with van der Waals surface area (Å²) in [7, 11) is 0. The van der Waals surface area contributed by atoms with E-state index in [1.54, 1.807) is 0 Å². The Morgan fingerprint density at radius 2 is 1.06 bits per heavy atom. The molecule has 1 fully saturated rings. The van der Waals surface area contributed by atoms with Gasteiger partial charge in [0.2, 0.25) is 0 Å². The second-order valence-electron chi connectivity index (χ2n) is 4.42. The van der Waals surface area contributed by atoms with Crippen LogP contribution in [0.4, 0.5) is 0 Å². The molecule has 0 N–H and O–H groups in total. The molecule has 0 nitrogen and oxygen atoms in total. The average Bonchev–Trinajstić information content (AvgIpc) is 2.39. The van der Waals surface area contributed by atoms with Crippen LogP contribution >= 0.6 is 0 Å². The van der Waals surface area contributed by atoms with Gasteiger partial charge in [0.25, 0.3) is 0 Å². The number of rotatable bonds is 0. The zero-order valence-corrected chi connectivity index (χ0v) is 10.3. The molecule has 1 aromatic rings. The van der Waals surface area contributed by atoms with Crippen molar-refractivity contribution in [2.45, 2.75) is 57.8 Å². The molecule has 16 heavy (non-hydrogen) atoms. The topological polar surface area (TPSA) is 0 Å². The van der Waals surface area contributed by atoms with Crippen molar-refractivity contribution in [3.05, 3.63) is 42.8 Å². The maximum atomic E-state index is 2.89. The van der Waals surface area contributed by atoms with Crippen LogP contribution in [0.1, 0.15) is 57.8 Å². The van der Waals surface area contributed by atoms with Gasteiger partial charge in [-0.1, -0.05) is 88.1 Å². The van der Waals surface area contributed by atoms with E-state index in [-0.39, 0.29) is 0 Å². The maximum absolute atomic E-state index is 2.89. The van der Waals surface area contributed by atoms with Crippen LogP contribution in [0.2, 0.25) is 0 Å². The minimum absolute atomic E-state index is 1.38. The molecule has 0 heteroatoms. The third-order valence-electron chi connectivity index (χ3n) is 2.92. The van der Waals surface area contributed by atoms with E-state index >= 15 is 0 Å². The smallest absolute Gasteiger partial charge is 0.0184 e. The van der Waals surface area contributed by atoms with Gasteiger partial charge in [-0.05, 0) is 12.5 Å². The summed E-state index contributed by atoms with van der Waals surface area (Å²) in [5.41, 5.74) is 0. The fraction of sp³-hybridized carbons (Fsp3) is 0.562. The van der Waals surface area contributed by atoms with E-state index in [4.69, 9.17) is 0 Å². The van der Waals surface area contributed by atoms with Gasteiger partial charge < -0.3 is 0 Å². The Hall–Kier alpha value is -0.780. The molecule has 0 heterocycles. The second kappa shape index (κ2) is 10.7. The predicted molar refractivity (Wildman–Crippen MR) is 71.1 cm³/mol. The molecule has 88 valence electrons. The van der Waals surface area contributed by atoms with Crippen molar-refractivity contribution in [1.29, 1.82) is 0 Å². The van der Waals surface area contributed by atoms with Crippen LogP contribution in [0.25, 0.3) is 0 Å². The Balaban J connectivity index is 0.000000181. The van der Waals surface area contributed by atoms with Gasteiger partial charge in [-0.2, -0.15) is 0 Å². The summed E-state index contributed by atoms with van der Waals surface area (Å²) < 4.78 is 0. The first-order chi connectivity index (χ1) is 8.00. The molecule has 0 saturated heterocycles. The van der Waals surface area contributed by atoms with Gasteiger partial charge in [0.05, 0.1) is 0 Å². The Labute approximate surface area is 101 Å². The van der Waals surface area contributed by atoms with Crippen LogP contribution in [0.15, 0.2) is 30.3 Å². The Morgan fingerprint density at radius 1 is 0.562 bits per heavy atom. The average molecular weight is 216 g/mol. The van der Waals surface area contributed by atoms with Gasteiger partial charge in [0, 0.05) is 0 Å². The summed E-state index contributed by atoms with van der Waals surface area (Å²) in [5, 5.41) is 0. The van der Waals surface area contributed by atoms with Gasteiger partial charge in [-0.3, -0.25) is 0 Å². The van der Waals surface area contributed by atoms with Crippen molar-refractivity contribution in [3.8, 4) is 0 Å². The predicted octanol–water partition coefficient (Wildman–Crippen LogP) is 5.20. The molecule has 0 unspecified atom stereocenters. The maximum Gasteiger partial charge on any atom is -0.0184 e. The van der Waals surface area contributed by atoms with Gasteiger partial charge in [0.15, 0.2) is 0 Å². The van der Waals surface area contributed by atoms with Crippen LogP contribution in [-0.2, 0) is 0 Å². The first-order valence-electron chi connectivity index (χ1n) is 6.73. The van der Waals surface area contributed by atoms with Gasteiger partial charge in [-0.15, -0.1) is 0 Å². The lowest BCUT2D eigenvalue weighted by atomic mass is 10.0. The quantitative estimate of drug-likeness (QED) is 0.559. The number of hydrogen-bond donors (Lipinski definition) is 0. The van der Waals surface area contributed by atoms with E-state index < -0.39 is 0 Å². The Kier molecular flexibility index (Phi) is 8.91. The van der Waals surface area contributed by atoms with E-state index in [1.807, 2.05) is 30.3 Å². The van der Waals surface area contributed by atoms with E-state index in [9.17, 15) is 0 Å². The molecule has 0 spiro atoms. The fourth-order valence-corrected chi connectivity index (χ4v) is 1.95. The highest BCUT2D eigenvalue weighted by molar-refractivity contribution is 4.97. The first kappa shape index (κ1) is 13.3. The van der Waals surface area contributed by atoms with E-state index in [2.05, 4.69) is 12.5 Å². The molecule has 2 rings (SSSR count). The lowest BCUT2D eigenvalue weighted by Crippen LogP contribution is -1.86. The van der Waals surface area contributed by atoms with Crippen molar-refractivity contribution in [3.63, 3.8) is 0 Å². The normalized spacial score (nSPS) is 18.0. The highest BCUT2D eigenvalue weighted by atomic mass is 14.0. The molecule has 1 aromatic carbocycles. The SMILES string of the molecule is [CH]1CCCCCCCCC1.[c]1ccccc1. The summed E-state index contributed by atoms with van der Waals surface area (Å²) in [6.07, 6.45) is 15.5. The van der Waals surface area contributed by atoms with E-state index in [0.29, 0.717) is 0 Å². The van der Waals surface area contributed by atoms with Crippen molar-refractivity contribution < 1.29 is 0 Å². The monoisotopic (exact) mass is 216 g/mol. The Morgan fingerprint density at radius 3 is 1.44 bits per heavy atom. The zero-order valence-electron chi connectivity index (χ0n) is 10.3. The van der Waals surface area contributed by atoms with Gasteiger partial charge >= 0.3 is 0 Å². The largest absolute Gasteiger partial charge is 0.0622 e. The molecule has 0 atom stereocenters. The van der Waals surface area contributed by atoms with Crippen molar-refractivity contribution in [2.75, 3.05) is 0 Å². The van der Waals surface area contributed by atoms with Gasteiger partial charge in [0.1, 0.15) is 0 Å². The van der Waals surface area contributed by atoms with Crippen LogP contribution < -0.4 is 0 Å². The lowest BCUT2D eigenvalue weighted by molar-refractivity contribution is 0.548. The molecular formula is C16H24. The summed E-state index contributed by atoms with van der Waals surface area (Å²) in [6.45, 7) is 0. The first-order valence-corrected chi connectivity index (χ1v) is 6.73. The third-order valence-corrected chi connectivity index (χ3v) is 2.92. The van der Waals surface area contributed by atoms with Crippen molar-refractivity contribution in [1.82, 2.24) is 0 Å². The van der Waals surface area contributed by atoms with Crippen LogP contribution in [0, 0.1) is 12.5 Å². The fourth-order valence-electron chi connectivity index (χ4n) is 1.95. The highest BCUT2D eigenvalue weighted by Gasteiger charge is 1.96. The van der Waals surface area contributed by atoms with Crippen molar-refractivity contribution >= 4 is 0 Å². The molecule has 0 amide bonds. The van der Waals surface area contributed by atoms with Crippen LogP contribution in [0.5, 0.6) is 0 Å². The van der Waals surface area contributed by atoms with Crippen molar-refractivity contribution in [2.24, 2.45) is 0 Å². The second-order valence-corrected chi connectivity index (χ2v) is 4.42. The Bertz CT molecular complexity index is 155. The summed E-state index contributed by atoms with van der Waals surface area (Å²) in [4.78, 5) is 0. The summed E-state index contributed by atoms with van der Waals surface area (Å²) >= 11 is 0. The molecule has 2 radical (unpaired) electrons. The minimum atomic E-state index is 1.38. The summed E-state index contributed by atoms with van der Waals surface area (Å²) in [6, 6.07) is 12.5. The molecule has 1 aliphatic rings. The van der Waals surface area contributed by atoms with Crippen LogP contribution in [-0.4, -0.2) is 0 Å². The molecule has 0 aromatic heterocycles. The lowest BCUT2D eigenvalue weighted by Gasteiger charge is -2.05. The molecule has 0 bridgehead atoms. The number of hydrogen-bond acceptors (Lipinski definition) is 0. The van der Waals surface area contributed by atoms with Crippen LogP contribution in [0.3, 0.4) is 0 Å². The molecular weight excluding hydrogens is 192 g/mol. The number of benzene rings is 1. The molecule has 0 aliphatic heterocycles. The molecule has 1 aliphatic carbocycles. The minimum Gasteiger partial charge on any atom is -0.0622 e. The zero-order chi connectivity index (χ0) is 11.3.